The van der Waals surface area contributed by atoms with Gasteiger partial charge >= 0.3 is 0 Å². The lowest BCUT2D eigenvalue weighted by atomic mass is 10.1. The SMILES string of the molecule is C[N+](C)=C1CCN(c2ccc3nccc(Oc4cnc(CC(=O)Nc5cnn(C(C)(C)C)c5)c(F)c4)c3c2)C1. The van der Waals surface area contributed by atoms with Crippen LogP contribution in [0.4, 0.5) is 15.8 Å². The summed E-state index contributed by atoms with van der Waals surface area (Å²) in [5.74, 6) is -0.200. The van der Waals surface area contributed by atoms with E-state index >= 15 is 0 Å². The number of carbonyl (C=O) groups is 1. The van der Waals surface area contributed by atoms with Crippen LogP contribution in [0.1, 0.15) is 32.9 Å². The molecular formula is C29H33FN7O2+. The number of hydrogen-bond donors (Lipinski definition) is 1. The molecule has 4 heterocycles. The fourth-order valence-corrected chi connectivity index (χ4v) is 4.50. The van der Waals surface area contributed by atoms with Crippen LogP contribution in [0, 0.1) is 5.82 Å². The molecule has 0 unspecified atom stereocenters. The van der Waals surface area contributed by atoms with Crippen LogP contribution in [0.15, 0.2) is 55.1 Å². The van der Waals surface area contributed by atoms with Gasteiger partial charge in [-0.25, -0.2) is 8.97 Å². The first-order chi connectivity index (χ1) is 18.6. The molecule has 3 aromatic heterocycles. The van der Waals surface area contributed by atoms with E-state index in [0.717, 1.165) is 36.1 Å². The molecule has 1 aromatic carbocycles. The molecule has 39 heavy (non-hydrogen) atoms. The summed E-state index contributed by atoms with van der Waals surface area (Å²) in [4.78, 5) is 23.5. The number of hydrogen-bond acceptors (Lipinski definition) is 6. The van der Waals surface area contributed by atoms with Gasteiger partial charge in [-0.05, 0) is 45.0 Å². The molecule has 0 bridgehead atoms. The zero-order chi connectivity index (χ0) is 27.7. The van der Waals surface area contributed by atoms with Gasteiger partial charge in [-0.3, -0.25) is 19.4 Å². The number of anilines is 2. The van der Waals surface area contributed by atoms with Gasteiger partial charge in [0.2, 0.25) is 5.91 Å². The molecule has 0 aliphatic carbocycles. The van der Waals surface area contributed by atoms with Crippen molar-refractivity contribution in [2.75, 3.05) is 37.4 Å². The summed E-state index contributed by atoms with van der Waals surface area (Å²) in [5.41, 5.74) is 3.61. The van der Waals surface area contributed by atoms with Gasteiger partial charge in [0.1, 0.15) is 31.4 Å². The third-order valence-electron chi connectivity index (χ3n) is 6.73. The molecule has 1 amide bonds. The molecule has 10 heteroatoms. The predicted octanol–water partition coefficient (Wildman–Crippen LogP) is 4.62. The van der Waals surface area contributed by atoms with Crippen LogP contribution in [-0.2, 0) is 16.8 Å². The average Bonchev–Trinajstić information content (AvgIpc) is 3.56. The second-order valence-electron chi connectivity index (χ2n) is 10.9. The molecule has 1 fully saturated rings. The van der Waals surface area contributed by atoms with Crippen molar-refractivity contribution in [3.05, 3.63) is 66.6 Å². The molecule has 0 radical (unpaired) electrons. The Morgan fingerprint density at radius 3 is 2.67 bits per heavy atom. The van der Waals surface area contributed by atoms with Crippen molar-refractivity contribution in [2.24, 2.45) is 0 Å². The fraction of sp³-hybridized carbons (Fsp3) is 0.345. The molecule has 1 N–H and O–H groups in total. The number of benzene rings is 1. The number of aromatic nitrogens is 4. The summed E-state index contributed by atoms with van der Waals surface area (Å²) in [7, 11) is 4.14. The van der Waals surface area contributed by atoms with E-state index in [1.807, 2.05) is 26.8 Å². The second kappa shape index (κ2) is 10.4. The highest BCUT2D eigenvalue weighted by Gasteiger charge is 2.24. The first kappa shape index (κ1) is 26.3. The summed E-state index contributed by atoms with van der Waals surface area (Å²) < 4.78 is 24.9. The number of nitrogens with one attached hydrogen (secondary N) is 1. The van der Waals surface area contributed by atoms with Gasteiger partial charge in [0.05, 0.1) is 47.8 Å². The van der Waals surface area contributed by atoms with Crippen LogP contribution in [0.5, 0.6) is 11.5 Å². The van der Waals surface area contributed by atoms with Crippen LogP contribution in [0.3, 0.4) is 0 Å². The minimum atomic E-state index is -0.615. The number of carbonyl (C=O) groups excluding carboxylic acids is 1. The third kappa shape index (κ3) is 5.89. The molecule has 1 aliphatic heterocycles. The van der Waals surface area contributed by atoms with E-state index in [2.05, 4.69) is 56.1 Å². The van der Waals surface area contributed by atoms with Crippen LogP contribution in [0.25, 0.3) is 10.9 Å². The quantitative estimate of drug-likeness (QED) is 0.366. The van der Waals surface area contributed by atoms with Crippen LogP contribution in [-0.4, -0.2) is 63.1 Å². The van der Waals surface area contributed by atoms with E-state index in [4.69, 9.17) is 4.74 Å². The smallest absolute Gasteiger partial charge is 0.230 e. The van der Waals surface area contributed by atoms with E-state index in [-0.39, 0.29) is 29.3 Å². The van der Waals surface area contributed by atoms with Crippen molar-refractivity contribution in [2.45, 2.75) is 39.2 Å². The van der Waals surface area contributed by atoms with Gasteiger partial charge in [-0.1, -0.05) is 0 Å². The third-order valence-corrected chi connectivity index (χ3v) is 6.73. The van der Waals surface area contributed by atoms with E-state index in [9.17, 15) is 9.18 Å². The Morgan fingerprint density at radius 2 is 1.97 bits per heavy atom. The first-order valence-electron chi connectivity index (χ1n) is 12.9. The van der Waals surface area contributed by atoms with Gasteiger partial charge in [0, 0.05) is 42.5 Å². The monoisotopic (exact) mass is 530 g/mol. The molecule has 4 aromatic rings. The number of pyridine rings is 2. The molecule has 202 valence electrons. The number of nitrogens with zero attached hydrogens (tertiary/aromatic N) is 6. The number of fused-ring (bicyclic) bond motifs is 1. The Hall–Kier alpha value is -4.34. The summed E-state index contributed by atoms with van der Waals surface area (Å²) in [6, 6.07) is 9.09. The predicted molar refractivity (Wildman–Crippen MR) is 150 cm³/mol. The van der Waals surface area contributed by atoms with Crippen molar-refractivity contribution >= 4 is 33.9 Å². The largest absolute Gasteiger partial charge is 0.455 e. The Bertz CT molecular complexity index is 1570. The Kier molecular flexibility index (Phi) is 7.03. The van der Waals surface area contributed by atoms with E-state index < -0.39 is 5.82 Å². The van der Waals surface area contributed by atoms with Gasteiger partial charge in [0.25, 0.3) is 0 Å². The molecule has 1 saturated heterocycles. The van der Waals surface area contributed by atoms with Gasteiger partial charge in [-0.2, -0.15) is 5.10 Å². The average molecular weight is 531 g/mol. The normalized spacial score (nSPS) is 13.7. The number of rotatable bonds is 6. The lowest BCUT2D eigenvalue weighted by Gasteiger charge is -2.18. The highest BCUT2D eigenvalue weighted by atomic mass is 19.1. The number of ether oxygens (including phenoxy) is 1. The highest BCUT2D eigenvalue weighted by Crippen LogP contribution is 2.32. The van der Waals surface area contributed by atoms with Gasteiger partial charge in [-0.15, -0.1) is 0 Å². The van der Waals surface area contributed by atoms with Crippen LogP contribution in [0.2, 0.25) is 0 Å². The Labute approximate surface area is 227 Å². The van der Waals surface area contributed by atoms with Crippen molar-refractivity contribution < 1.29 is 18.5 Å². The number of amides is 1. The summed E-state index contributed by atoms with van der Waals surface area (Å²) >= 11 is 0. The lowest BCUT2D eigenvalue weighted by molar-refractivity contribution is -0.465. The van der Waals surface area contributed by atoms with Gasteiger partial charge in [0.15, 0.2) is 5.71 Å². The topological polar surface area (TPSA) is 88.2 Å². The maximum absolute atomic E-state index is 14.9. The molecule has 5 rings (SSSR count). The fourth-order valence-electron chi connectivity index (χ4n) is 4.50. The molecule has 0 atom stereocenters. The summed E-state index contributed by atoms with van der Waals surface area (Å²) in [5, 5.41) is 7.84. The van der Waals surface area contributed by atoms with Crippen LogP contribution >= 0.6 is 0 Å². The van der Waals surface area contributed by atoms with Crippen molar-refractivity contribution in [1.29, 1.82) is 0 Å². The highest BCUT2D eigenvalue weighted by molar-refractivity contribution is 5.92. The van der Waals surface area contributed by atoms with Gasteiger partial charge < -0.3 is 15.0 Å². The van der Waals surface area contributed by atoms with Crippen molar-refractivity contribution in [1.82, 2.24) is 19.7 Å². The Morgan fingerprint density at radius 1 is 1.15 bits per heavy atom. The van der Waals surface area contributed by atoms with E-state index in [0.29, 0.717) is 11.4 Å². The summed E-state index contributed by atoms with van der Waals surface area (Å²) in [6.45, 7) is 7.84. The molecule has 0 saturated carbocycles. The van der Waals surface area contributed by atoms with Crippen molar-refractivity contribution in [3.8, 4) is 11.5 Å². The zero-order valence-electron chi connectivity index (χ0n) is 22.9. The maximum atomic E-state index is 14.9. The number of halogens is 1. The minimum Gasteiger partial charge on any atom is -0.455 e. The minimum absolute atomic E-state index is 0.0342. The zero-order valence-corrected chi connectivity index (χ0v) is 22.9. The Balaban J connectivity index is 1.30. The lowest BCUT2D eigenvalue weighted by Crippen LogP contribution is -2.22. The standard InChI is InChI=1S/C29H32FN7O2/c1-29(2,3)37-17-19(15-33-37)34-28(38)14-26-24(30)13-22(16-32-26)39-27-8-10-31-25-7-6-20(12-23(25)27)36-11-9-21(18-36)35(4)5/h6-8,10,12-13,15-17H,9,11,14,18H2,1-5H3/p+1. The second-order valence-corrected chi connectivity index (χ2v) is 10.9. The maximum Gasteiger partial charge on any atom is 0.230 e. The van der Waals surface area contributed by atoms with Crippen LogP contribution < -0.4 is 15.0 Å². The molecule has 9 nitrogen and oxygen atoms in total. The van der Waals surface area contributed by atoms with Crippen molar-refractivity contribution in [3.63, 3.8) is 0 Å². The van der Waals surface area contributed by atoms with E-state index in [1.54, 1.807) is 29.3 Å². The molecule has 1 aliphatic rings. The summed E-state index contributed by atoms with van der Waals surface area (Å²) in [6.07, 6.45) is 7.21. The molecular weight excluding hydrogens is 497 g/mol. The van der Waals surface area contributed by atoms with E-state index in [1.165, 1.54) is 18.0 Å². The first-order valence-corrected chi connectivity index (χ1v) is 12.9. The molecule has 0 spiro atoms.